The standard InChI is InChI=1S/C24H25ClN4O/c1-16-26-21-11-14-29(22-8-7-18(25)15-20(22)23(21)27-16)24(30)17-9-12-28(13-10-17)19-5-3-2-4-6-19/h2-8,15,17H,9-14H2,1H3,(H,26,27). The molecule has 3 heterocycles. The van der Waals surface area contributed by atoms with Crippen LogP contribution in [0.5, 0.6) is 0 Å². The van der Waals surface area contributed by atoms with E-state index in [1.165, 1.54) is 5.69 Å². The summed E-state index contributed by atoms with van der Waals surface area (Å²) in [6.07, 6.45) is 2.50. The van der Waals surface area contributed by atoms with E-state index < -0.39 is 0 Å². The van der Waals surface area contributed by atoms with Gasteiger partial charge in [-0.25, -0.2) is 4.98 Å². The van der Waals surface area contributed by atoms with E-state index in [-0.39, 0.29) is 11.8 Å². The zero-order valence-electron chi connectivity index (χ0n) is 17.1. The van der Waals surface area contributed by atoms with Gasteiger partial charge in [0.25, 0.3) is 0 Å². The number of rotatable bonds is 2. The molecular weight excluding hydrogens is 396 g/mol. The number of aromatic nitrogens is 2. The number of aryl methyl sites for hydroxylation is 1. The van der Waals surface area contributed by atoms with E-state index in [0.717, 1.165) is 60.8 Å². The van der Waals surface area contributed by atoms with E-state index in [4.69, 9.17) is 11.6 Å². The van der Waals surface area contributed by atoms with E-state index in [9.17, 15) is 4.79 Å². The molecule has 1 aromatic heterocycles. The molecule has 0 atom stereocenters. The maximum Gasteiger partial charge on any atom is 0.230 e. The van der Waals surface area contributed by atoms with Crippen molar-refractivity contribution in [2.75, 3.05) is 29.4 Å². The van der Waals surface area contributed by atoms with E-state index in [1.807, 2.05) is 36.1 Å². The predicted octanol–water partition coefficient (Wildman–Crippen LogP) is 4.84. The van der Waals surface area contributed by atoms with Gasteiger partial charge in [-0.3, -0.25) is 4.79 Å². The Bertz CT molecular complexity index is 1070. The molecule has 1 amide bonds. The van der Waals surface area contributed by atoms with Crippen molar-refractivity contribution in [1.29, 1.82) is 0 Å². The summed E-state index contributed by atoms with van der Waals surface area (Å²) in [5.41, 5.74) is 5.08. The molecule has 154 valence electrons. The van der Waals surface area contributed by atoms with E-state index >= 15 is 0 Å². The van der Waals surface area contributed by atoms with Crippen LogP contribution in [0.25, 0.3) is 11.3 Å². The molecule has 0 aliphatic carbocycles. The summed E-state index contributed by atoms with van der Waals surface area (Å²) in [6, 6.07) is 16.2. The highest BCUT2D eigenvalue weighted by molar-refractivity contribution is 6.31. The van der Waals surface area contributed by atoms with Crippen molar-refractivity contribution in [3.05, 3.63) is 65.1 Å². The van der Waals surface area contributed by atoms with Gasteiger partial charge in [-0.2, -0.15) is 0 Å². The third-order valence-corrected chi connectivity index (χ3v) is 6.45. The number of hydrogen-bond acceptors (Lipinski definition) is 3. The Hall–Kier alpha value is -2.79. The molecular formula is C24H25ClN4O. The lowest BCUT2D eigenvalue weighted by atomic mass is 9.94. The number of carbonyl (C=O) groups is 1. The number of hydrogen-bond donors (Lipinski definition) is 1. The molecule has 6 heteroatoms. The topological polar surface area (TPSA) is 52.2 Å². The van der Waals surface area contributed by atoms with Gasteiger partial charge in [-0.05, 0) is 50.1 Å². The second-order valence-electron chi connectivity index (χ2n) is 8.15. The first-order valence-electron chi connectivity index (χ1n) is 10.6. The van der Waals surface area contributed by atoms with Crippen molar-refractivity contribution in [1.82, 2.24) is 9.97 Å². The van der Waals surface area contributed by atoms with Crippen LogP contribution in [-0.2, 0) is 11.2 Å². The monoisotopic (exact) mass is 420 g/mol. The summed E-state index contributed by atoms with van der Waals surface area (Å²) in [7, 11) is 0. The first-order chi connectivity index (χ1) is 14.6. The zero-order valence-corrected chi connectivity index (χ0v) is 17.8. The van der Waals surface area contributed by atoms with Gasteiger partial charge in [-0.15, -0.1) is 0 Å². The average Bonchev–Trinajstić information content (AvgIpc) is 3.09. The second-order valence-corrected chi connectivity index (χ2v) is 8.58. The Balaban J connectivity index is 1.39. The number of halogens is 1. The highest BCUT2D eigenvalue weighted by Crippen LogP contribution is 2.38. The molecule has 5 nitrogen and oxygen atoms in total. The van der Waals surface area contributed by atoms with E-state index in [0.29, 0.717) is 11.6 Å². The first kappa shape index (κ1) is 19.2. The minimum absolute atomic E-state index is 0.0413. The smallest absolute Gasteiger partial charge is 0.230 e. The largest absolute Gasteiger partial charge is 0.371 e. The molecule has 2 aliphatic rings. The molecule has 1 saturated heterocycles. The maximum absolute atomic E-state index is 13.6. The SMILES string of the molecule is Cc1nc2c([nH]1)CCN(C(=O)C1CCN(c3ccccc3)CC1)c1ccc(Cl)cc1-2. The lowest BCUT2D eigenvalue weighted by Gasteiger charge is -2.35. The van der Waals surface area contributed by atoms with Gasteiger partial charge in [0.1, 0.15) is 5.82 Å². The quantitative estimate of drug-likeness (QED) is 0.645. The van der Waals surface area contributed by atoms with Crippen LogP contribution in [-0.4, -0.2) is 35.5 Å². The fourth-order valence-electron chi connectivity index (χ4n) is 4.69. The molecule has 3 aromatic rings. The predicted molar refractivity (Wildman–Crippen MR) is 121 cm³/mol. The number of imidazole rings is 1. The molecule has 1 fully saturated rings. The third kappa shape index (κ3) is 3.47. The Morgan fingerprint density at radius 3 is 2.63 bits per heavy atom. The number of carbonyl (C=O) groups excluding carboxylic acids is 1. The van der Waals surface area contributed by atoms with Crippen molar-refractivity contribution in [3.63, 3.8) is 0 Å². The molecule has 0 bridgehead atoms. The Labute approximate surface area is 181 Å². The number of para-hydroxylation sites is 1. The van der Waals surface area contributed by atoms with Gasteiger partial charge < -0.3 is 14.8 Å². The fourth-order valence-corrected chi connectivity index (χ4v) is 4.87. The van der Waals surface area contributed by atoms with Gasteiger partial charge >= 0.3 is 0 Å². The second kappa shape index (κ2) is 7.80. The molecule has 2 aromatic carbocycles. The van der Waals surface area contributed by atoms with Crippen LogP contribution in [0, 0.1) is 12.8 Å². The van der Waals surface area contributed by atoms with E-state index in [1.54, 1.807) is 0 Å². The van der Waals surface area contributed by atoms with Gasteiger partial charge in [0, 0.05) is 53.9 Å². The van der Waals surface area contributed by atoms with Crippen molar-refractivity contribution >= 4 is 28.9 Å². The summed E-state index contributed by atoms with van der Waals surface area (Å²) in [5, 5.41) is 0.658. The molecule has 0 spiro atoms. The number of aromatic amines is 1. The lowest BCUT2D eigenvalue weighted by Crippen LogP contribution is -2.43. The summed E-state index contributed by atoms with van der Waals surface area (Å²) in [5.74, 6) is 1.15. The number of amides is 1. The molecule has 0 unspecified atom stereocenters. The highest BCUT2D eigenvalue weighted by atomic mass is 35.5. The molecule has 2 aliphatic heterocycles. The van der Waals surface area contributed by atoms with Crippen LogP contribution in [0.2, 0.25) is 5.02 Å². The molecule has 1 N–H and O–H groups in total. The van der Waals surface area contributed by atoms with Crippen LogP contribution in [0.1, 0.15) is 24.4 Å². The van der Waals surface area contributed by atoms with Crippen LogP contribution in [0.15, 0.2) is 48.5 Å². The van der Waals surface area contributed by atoms with Crippen LogP contribution >= 0.6 is 11.6 Å². The fraction of sp³-hybridized carbons (Fsp3) is 0.333. The van der Waals surface area contributed by atoms with Gasteiger partial charge in [0.2, 0.25) is 5.91 Å². The van der Waals surface area contributed by atoms with Crippen LogP contribution in [0.4, 0.5) is 11.4 Å². The van der Waals surface area contributed by atoms with Crippen LogP contribution < -0.4 is 9.80 Å². The van der Waals surface area contributed by atoms with Crippen LogP contribution in [0.3, 0.4) is 0 Å². The normalized spacial score (nSPS) is 16.7. The van der Waals surface area contributed by atoms with Crippen molar-refractivity contribution < 1.29 is 4.79 Å². The number of anilines is 2. The number of fused-ring (bicyclic) bond motifs is 3. The molecule has 0 saturated carbocycles. The molecule has 0 radical (unpaired) electrons. The van der Waals surface area contributed by atoms with Crippen molar-refractivity contribution in [2.24, 2.45) is 5.92 Å². The van der Waals surface area contributed by atoms with Crippen molar-refractivity contribution in [2.45, 2.75) is 26.2 Å². The summed E-state index contributed by atoms with van der Waals surface area (Å²) < 4.78 is 0. The number of nitrogens with one attached hydrogen (secondary N) is 1. The molecule has 30 heavy (non-hydrogen) atoms. The first-order valence-corrected chi connectivity index (χ1v) is 10.9. The zero-order chi connectivity index (χ0) is 20.7. The maximum atomic E-state index is 13.6. The lowest BCUT2D eigenvalue weighted by molar-refractivity contribution is -0.122. The number of nitrogens with zero attached hydrogens (tertiary/aromatic N) is 3. The number of benzene rings is 2. The average molecular weight is 421 g/mol. The summed E-state index contributed by atoms with van der Waals surface area (Å²) >= 11 is 6.31. The highest BCUT2D eigenvalue weighted by Gasteiger charge is 2.32. The van der Waals surface area contributed by atoms with Crippen molar-refractivity contribution in [3.8, 4) is 11.3 Å². The van der Waals surface area contributed by atoms with Gasteiger partial charge in [0.15, 0.2) is 0 Å². The Kier molecular flexibility index (Phi) is 4.99. The summed E-state index contributed by atoms with van der Waals surface area (Å²) in [4.78, 5) is 26.0. The third-order valence-electron chi connectivity index (χ3n) is 6.22. The minimum atomic E-state index is 0.0413. The number of piperidine rings is 1. The minimum Gasteiger partial charge on any atom is -0.371 e. The van der Waals surface area contributed by atoms with Gasteiger partial charge in [0.05, 0.1) is 11.4 Å². The Morgan fingerprint density at radius 2 is 1.87 bits per heavy atom. The van der Waals surface area contributed by atoms with E-state index in [2.05, 4.69) is 39.1 Å². The molecule has 5 rings (SSSR count). The van der Waals surface area contributed by atoms with Gasteiger partial charge in [-0.1, -0.05) is 29.8 Å². The summed E-state index contributed by atoms with van der Waals surface area (Å²) in [6.45, 7) is 4.42. The number of H-pyrrole nitrogens is 1. The Morgan fingerprint density at radius 1 is 1.10 bits per heavy atom.